The smallest absolute Gasteiger partial charge is 0.422 e. The van der Waals surface area contributed by atoms with Crippen LogP contribution in [-0.2, 0) is 0 Å². The monoisotopic (exact) mass is 383 g/mol. The number of ether oxygens (including phenoxy) is 1. The third-order valence-corrected chi connectivity index (χ3v) is 3.43. The number of amides is 1. The molecule has 0 unspecified atom stereocenters. The van der Waals surface area contributed by atoms with Crippen molar-refractivity contribution in [1.29, 1.82) is 0 Å². The summed E-state index contributed by atoms with van der Waals surface area (Å²) < 4.78 is 41.0. The Labute approximate surface area is 152 Å². The maximum absolute atomic E-state index is 12.5. The van der Waals surface area contributed by atoms with E-state index >= 15 is 0 Å². The van der Waals surface area contributed by atoms with E-state index in [0.29, 0.717) is 11.4 Å². The number of nitro groups is 1. The summed E-state index contributed by atoms with van der Waals surface area (Å²) >= 11 is 0. The molecular weight excluding hydrogens is 367 g/mol. The van der Waals surface area contributed by atoms with Crippen molar-refractivity contribution in [3.63, 3.8) is 0 Å². The molecule has 0 spiro atoms. The molecule has 0 saturated carbocycles. The zero-order chi connectivity index (χ0) is 20.2. The van der Waals surface area contributed by atoms with Crippen molar-refractivity contribution in [1.82, 2.24) is 0 Å². The summed E-state index contributed by atoms with van der Waals surface area (Å²) in [5, 5.41) is 13.5. The lowest BCUT2D eigenvalue weighted by Crippen LogP contribution is -2.19. The van der Waals surface area contributed by atoms with Crippen LogP contribution in [0.25, 0.3) is 0 Å². The van der Waals surface area contributed by atoms with Crippen molar-refractivity contribution in [2.24, 2.45) is 0 Å². The van der Waals surface area contributed by atoms with Gasteiger partial charge < -0.3 is 15.0 Å². The summed E-state index contributed by atoms with van der Waals surface area (Å²) in [6.07, 6.45) is -4.45. The molecule has 27 heavy (non-hydrogen) atoms. The SMILES string of the molecule is CN(C)c1ccc([N+](=O)[O-])cc1C(=O)Nc1ccc(OCC(F)(F)F)cc1. The molecule has 0 bridgehead atoms. The summed E-state index contributed by atoms with van der Waals surface area (Å²) in [7, 11) is 3.37. The van der Waals surface area contributed by atoms with Crippen LogP contribution < -0.4 is 15.0 Å². The predicted molar refractivity (Wildman–Crippen MR) is 93.4 cm³/mol. The lowest BCUT2D eigenvalue weighted by atomic mass is 10.1. The van der Waals surface area contributed by atoms with Gasteiger partial charge in [-0.3, -0.25) is 14.9 Å². The molecule has 1 N–H and O–H groups in total. The number of nitrogens with zero attached hydrogens (tertiary/aromatic N) is 2. The number of anilines is 2. The quantitative estimate of drug-likeness (QED) is 0.605. The fourth-order valence-electron chi connectivity index (χ4n) is 2.21. The van der Waals surface area contributed by atoms with E-state index in [0.717, 1.165) is 6.07 Å². The molecule has 0 saturated heterocycles. The third-order valence-electron chi connectivity index (χ3n) is 3.43. The van der Waals surface area contributed by atoms with Crippen LogP contribution in [0.1, 0.15) is 10.4 Å². The molecule has 0 heterocycles. The number of halogens is 3. The molecule has 0 aromatic heterocycles. The third kappa shape index (κ3) is 5.59. The van der Waals surface area contributed by atoms with Crippen LogP contribution in [-0.4, -0.2) is 37.7 Å². The van der Waals surface area contributed by atoms with Gasteiger partial charge in [0.1, 0.15) is 5.75 Å². The molecule has 0 fully saturated rings. The van der Waals surface area contributed by atoms with E-state index in [1.165, 1.54) is 36.4 Å². The van der Waals surface area contributed by atoms with Crippen molar-refractivity contribution in [2.75, 3.05) is 30.9 Å². The summed E-state index contributed by atoms with van der Waals surface area (Å²) in [5.41, 5.74) is 0.632. The number of nitro benzene ring substituents is 1. The van der Waals surface area contributed by atoms with E-state index in [1.807, 2.05) is 0 Å². The standard InChI is InChI=1S/C17H16F3N3O4/c1-22(2)15-8-5-12(23(25)26)9-14(15)16(24)21-11-3-6-13(7-4-11)27-10-17(18,19)20/h3-9H,10H2,1-2H3,(H,21,24). The maximum Gasteiger partial charge on any atom is 0.422 e. The Morgan fingerprint density at radius 2 is 1.81 bits per heavy atom. The van der Waals surface area contributed by atoms with E-state index in [4.69, 9.17) is 0 Å². The molecule has 0 atom stereocenters. The largest absolute Gasteiger partial charge is 0.484 e. The van der Waals surface area contributed by atoms with Crippen LogP contribution in [0, 0.1) is 10.1 Å². The first-order valence-corrected chi connectivity index (χ1v) is 7.63. The summed E-state index contributed by atoms with van der Waals surface area (Å²) in [5.74, 6) is -0.596. The van der Waals surface area contributed by atoms with Crippen molar-refractivity contribution in [2.45, 2.75) is 6.18 Å². The lowest BCUT2D eigenvalue weighted by molar-refractivity contribution is -0.384. The van der Waals surface area contributed by atoms with Crippen LogP contribution in [0.15, 0.2) is 42.5 Å². The lowest BCUT2D eigenvalue weighted by Gasteiger charge is -2.17. The molecule has 2 aromatic carbocycles. The molecule has 0 aliphatic carbocycles. The Morgan fingerprint density at radius 1 is 1.19 bits per heavy atom. The minimum absolute atomic E-state index is 0.00495. The second-order valence-electron chi connectivity index (χ2n) is 5.74. The number of hydrogen-bond donors (Lipinski definition) is 1. The molecular formula is C17H16F3N3O4. The highest BCUT2D eigenvalue weighted by atomic mass is 19.4. The van der Waals surface area contributed by atoms with E-state index in [2.05, 4.69) is 10.1 Å². The molecule has 2 aromatic rings. The second kappa shape index (κ2) is 7.94. The first kappa shape index (κ1) is 20.0. The summed E-state index contributed by atoms with van der Waals surface area (Å²) in [6, 6.07) is 9.21. The first-order chi connectivity index (χ1) is 12.6. The van der Waals surface area contributed by atoms with E-state index < -0.39 is 23.6 Å². The van der Waals surface area contributed by atoms with Crippen molar-refractivity contribution >= 4 is 23.0 Å². The van der Waals surface area contributed by atoms with Crippen LogP contribution in [0.2, 0.25) is 0 Å². The number of alkyl halides is 3. The summed E-state index contributed by atoms with van der Waals surface area (Å²) in [6.45, 7) is -1.42. The zero-order valence-corrected chi connectivity index (χ0v) is 14.4. The summed E-state index contributed by atoms with van der Waals surface area (Å²) in [4.78, 5) is 24.5. The van der Waals surface area contributed by atoms with Gasteiger partial charge in [0.2, 0.25) is 0 Å². The Balaban J connectivity index is 2.17. The van der Waals surface area contributed by atoms with Crippen LogP contribution >= 0.6 is 0 Å². The number of non-ortho nitro benzene ring substituents is 1. The normalized spacial score (nSPS) is 11.0. The van der Waals surface area contributed by atoms with Crippen molar-refractivity contribution < 1.29 is 27.6 Å². The molecule has 10 heteroatoms. The highest BCUT2D eigenvalue weighted by Gasteiger charge is 2.28. The van der Waals surface area contributed by atoms with Gasteiger partial charge in [0, 0.05) is 37.6 Å². The molecule has 0 radical (unpaired) electrons. The van der Waals surface area contributed by atoms with E-state index in [-0.39, 0.29) is 17.0 Å². The number of nitrogens with one attached hydrogen (secondary N) is 1. The van der Waals surface area contributed by atoms with Gasteiger partial charge in [-0.1, -0.05) is 0 Å². The molecule has 0 aliphatic heterocycles. The van der Waals surface area contributed by atoms with Gasteiger partial charge in [-0.25, -0.2) is 0 Å². The Hall–Kier alpha value is -3.30. The Bertz CT molecular complexity index is 836. The van der Waals surface area contributed by atoms with Gasteiger partial charge in [-0.05, 0) is 30.3 Å². The van der Waals surface area contributed by atoms with Gasteiger partial charge in [0.05, 0.1) is 10.5 Å². The van der Waals surface area contributed by atoms with Gasteiger partial charge in [0.25, 0.3) is 11.6 Å². The minimum atomic E-state index is -4.45. The molecule has 2 rings (SSSR count). The number of carbonyl (C=O) groups excluding carboxylic acids is 1. The topological polar surface area (TPSA) is 84.7 Å². The number of carbonyl (C=O) groups is 1. The first-order valence-electron chi connectivity index (χ1n) is 7.63. The molecule has 0 aliphatic rings. The fourth-order valence-corrected chi connectivity index (χ4v) is 2.21. The average Bonchev–Trinajstić information content (AvgIpc) is 2.59. The number of rotatable bonds is 6. The van der Waals surface area contributed by atoms with Gasteiger partial charge in [0.15, 0.2) is 6.61 Å². The van der Waals surface area contributed by atoms with Crippen LogP contribution in [0.3, 0.4) is 0 Å². The number of hydrogen-bond acceptors (Lipinski definition) is 5. The van der Waals surface area contributed by atoms with Crippen LogP contribution in [0.5, 0.6) is 5.75 Å². The van der Waals surface area contributed by atoms with Gasteiger partial charge in [-0.2, -0.15) is 13.2 Å². The fraction of sp³-hybridized carbons (Fsp3) is 0.235. The zero-order valence-electron chi connectivity index (χ0n) is 14.4. The molecule has 7 nitrogen and oxygen atoms in total. The molecule has 1 amide bonds. The maximum atomic E-state index is 12.5. The van der Waals surface area contributed by atoms with E-state index in [1.54, 1.807) is 19.0 Å². The highest BCUT2D eigenvalue weighted by molar-refractivity contribution is 6.08. The van der Waals surface area contributed by atoms with Gasteiger partial charge in [-0.15, -0.1) is 0 Å². The van der Waals surface area contributed by atoms with Crippen molar-refractivity contribution in [3.05, 3.63) is 58.1 Å². The minimum Gasteiger partial charge on any atom is -0.484 e. The molecule has 144 valence electrons. The average molecular weight is 383 g/mol. The highest BCUT2D eigenvalue weighted by Crippen LogP contribution is 2.26. The predicted octanol–water partition coefficient (Wildman–Crippen LogP) is 3.85. The van der Waals surface area contributed by atoms with Crippen molar-refractivity contribution in [3.8, 4) is 5.75 Å². The second-order valence-corrected chi connectivity index (χ2v) is 5.74. The Morgan fingerprint density at radius 3 is 2.33 bits per heavy atom. The van der Waals surface area contributed by atoms with Crippen LogP contribution in [0.4, 0.5) is 30.2 Å². The number of benzene rings is 2. The Kier molecular flexibility index (Phi) is 5.88. The van der Waals surface area contributed by atoms with Gasteiger partial charge >= 0.3 is 6.18 Å². The van der Waals surface area contributed by atoms with E-state index in [9.17, 15) is 28.1 Å².